The first-order valence-corrected chi connectivity index (χ1v) is 9.58. The largest absolute Gasteiger partial charge is 0.385 e. The minimum Gasteiger partial charge on any atom is -0.385 e. The van der Waals surface area contributed by atoms with Crippen molar-refractivity contribution in [3.63, 3.8) is 0 Å². The molecule has 1 fully saturated rings. The highest BCUT2D eigenvalue weighted by Crippen LogP contribution is 2.18. The Morgan fingerprint density at radius 1 is 1.43 bits per heavy atom. The van der Waals surface area contributed by atoms with E-state index in [1.807, 2.05) is 10.6 Å². The number of aryl methyl sites for hydroxylation is 1. The first-order valence-electron chi connectivity index (χ1n) is 9.58. The lowest BCUT2D eigenvalue weighted by atomic mass is 10.2. The molecule has 3 aromatic rings. The van der Waals surface area contributed by atoms with Crippen LogP contribution in [0.15, 0.2) is 35.3 Å². The second-order valence-electron chi connectivity index (χ2n) is 6.96. The van der Waals surface area contributed by atoms with E-state index in [-0.39, 0.29) is 17.6 Å². The molecule has 28 heavy (non-hydrogen) atoms. The summed E-state index contributed by atoms with van der Waals surface area (Å²) in [7, 11) is 1.64. The zero-order valence-corrected chi connectivity index (χ0v) is 15.9. The quantitative estimate of drug-likeness (QED) is 0.625. The number of aromatic nitrogens is 3. The van der Waals surface area contributed by atoms with Gasteiger partial charge in [-0.3, -0.25) is 14.0 Å². The molecule has 1 aliphatic rings. The number of hydrogen-bond acceptors (Lipinski definition) is 5. The van der Waals surface area contributed by atoms with Crippen LogP contribution in [0.1, 0.15) is 29.8 Å². The lowest BCUT2D eigenvalue weighted by Crippen LogP contribution is -2.33. The molecule has 0 bridgehead atoms. The van der Waals surface area contributed by atoms with Crippen LogP contribution in [-0.4, -0.2) is 52.8 Å². The molecule has 0 spiro atoms. The second-order valence-corrected chi connectivity index (χ2v) is 6.96. The molecular weight excluding hydrogens is 360 g/mol. The summed E-state index contributed by atoms with van der Waals surface area (Å²) >= 11 is 0. The summed E-state index contributed by atoms with van der Waals surface area (Å²) in [5.41, 5.74) is 1.33. The number of rotatable bonds is 7. The third-order valence-electron chi connectivity index (χ3n) is 5.05. The SMILES string of the molecule is COCCCn1c(C(=O)NC[C@H]2CCCO2)cc2c(=O)n3ccccc3nc21. The highest BCUT2D eigenvalue weighted by atomic mass is 16.5. The molecule has 4 rings (SSSR count). The summed E-state index contributed by atoms with van der Waals surface area (Å²) in [6, 6.07) is 7.04. The number of methoxy groups -OCH3 is 1. The first kappa shape index (κ1) is 18.6. The van der Waals surface area contributed by atoms with Gasteiger partial charge in [-0.25, -0.2) is 4.98 Å². The van der Waals surface area contributed by atoms with Crippen LogP contribution in [0.4, 0.5) is 0 Å². The molecule has 0 saturated carbocycles. The number of carbonyl (C=O) groups is 1. The van der Waals surface area contributed by atoms with Crippen LogP contribution < -0.4 is 10.9 Å². The molecule has 8 nitrogen and oxygen atoms in total. The van der Waals surface area contributed by atoms with Crippen molar-refractivity contribution in [1.29, 1.82) is 0 Å². The molecule has 148 valence electrons. The van der Waals surface area contributed by atoms with Crippen molar-refractivity contribution in [2.24, 2.45) is 0 Å². The van der Waals surface area contributed by atoms with Gasteiger partial charge in [-0.1, -0.05) is 6.07 Å². The van der Waals surface area contributed by atoms with Crippen LogP contribution in [0.3, 0.4) is 0 Å². The highest BCUT2D eigenvalue weighted by Gasteiger charge is 2.21. The Morgan fingerprint density at radius 2 is 2.32 bits per heavy atom. The summed E-state index contributed by atoms with van der Waals surface area (Å²) in [5, 5.41) is 3.37. The van der Waals surface area contributed by atoms with Crippen LogP contribution in [0, 0.1) is 0 Å². The minimum absolute atomic E-state index is 0.0570. The lowest BCUT2D eigenvalue weighted by Gasteiger charge is -2.13. The first-order chi connectivity index (χ1) is 13.7. The van der Waals surface area contributed by atoms with Crippen LogP contribution >= 0.6 is 0 Å². The summed E-state index contributed by atoms with van der Waals surface area (Å²) in [4.78, 5) is 30.4. The highest BCUT2D eigenvalue weighted by molar-refractivity contribution is 5.98. The molecule has 1 amide bonds. The fraction of sp³-hybridized carbons (Fsp3) is 0.450. The lowest BCUT2D eigenvalue weighted by molar-refractivity contribution is 0.0849. The molecule has 0 aliphatic carbocycles. The van der Waals surface area contributed by atoms with E-state index in [0.29, 0.717) is 48.5 Å². The number of nitrogens with zero attached hydrogens (tertiary/aromatic N) is 3. The van der Waals surface area contributed by atoms with Crippen LogP contribution in [0.5, 0.6) is 0 Å². The third-order valence-corrected chi connectivity index (χ3v) is 5.05. The number of amides is 1. The van der Waals surface area contributed by atoms with Crippen molar-refractivity contribution >= 4 is 22.6 Å². The predicted molar refractivity (Wildman–Crippen MR) is 105 cm³/mol. The molecule has 0 radical (unpaired) electrons. The van der Waals surface area contributed by atoms with Gasteiger partial charge in [0.25, 0.3) is 11.5 Å². The third kappa shape index (κ3) is 3.53. The fourth-order valence-corrected chi connectivity index (χ4v) is 3.64. The minimum atomic E-state index is -0.223. The smallest absolute Gasteiger partial charge is 0.268 e. The number of ether oxygens (including phenoxy) is 2. The fourth-order valence-electron chi connectivity index (χ4n) is 3.64. The number of carbonyl (C=O) groups excluding carboxylic acids is 1. The Morgan fingerprint density at radius 3 is 3.11 bits per heavy atom. The van der Waals surface area contributed by atoms with Crippen molar-refractivity contribution in [3.8, 4) is 0 Å². The molecule has 1 atom stereocenters. The van der Waals surface area contributed by atoms with Gasteiger partial charge in [0.1, 0.15) is 17.0 Å². The summed E-state index contributed by atoms with van der Waals surface area (Å²) in [6.07, 6.45) is 4.42. The molecular formula is C20H24N4O4. The van der Waals surface area contributed by atoms with Gasteiger partial charge in [0.2, 0.25) is 0 Å². The summed E-state index contributed by atoms with van der Waals surface area (Å²) in [6.45, 7) is 2.30. The van der Waals surface area contributed by atoms with Gasteiger partial charge in [-0.15, -0.1) is 0 Å². The van der Waals surface area contributed by atoms with Gasteiger partial charge in [-0.05, 0) is 37.5 Å². The Bertz CT molecular complexity index is 1050. The number of nitrogens with one attached hydrogen (secondary N) is 1. The van der Waals surface area contributed by atoms with E-state index in [9.17, 15) is 9.59 Å². The molecule has 8 heteroatoms. The second kappa shape index (κ2) is 8.12. The van der Waals surface area contributed by atoms with Gasteiger partial charge in [-0.2, -0.15) is 0 Å². The van der Waals surface area contributed by atoms with E-state index < -0.39 is 0 Å². The zero-order chi connectivity index (χ0) is 19.5. The van der Waals surface area contributed by atoms with E-state index in [4.69, 9.17) is 9.47 Å². The standard InChI is InChI=1S/C20H24N4O4/c1-27-10-5-9-23-16(19(25)21-13-14-6-4-11-28-14)12-15-18(23)22-17-7-2-3-8-24(17)20(15)26/h2-3,7-8,12,14H,4-6,9-11,13H2,1H3,(H,21,25)/t14-/m1/s1. The number of pyridine rings is 1. The number of hydrogen-bond donors (Lipinski definition) is 1. The van der Waals surface area contributed by atoms with Gasteiger partial charge < -0.3 is 19.4 Å². The van der Waals surface area contributed by atoms with Crippen LogP contribution in [0.2, 0.25) is 0 Å². The Labute approximate surface area is 162 Å². The van der Waals surface area contributed by atoms with E-state index in [1.54, 1.807) is 31.5 Å². The van der Waals surface area contributed by atoms with E-state index >= 15 is 0 Å². The van der Waals surface area contributed by atoms with Gasteiger partial charge in [0.05, 0.1) is 11.5 Å². The van der Waals surface area contributed by atoms with E-state index in [1.165, 1.54) is 4.40 Å². The zero-order valence-electron chi connectivity index (χ0n) is 15.9. The average Bonchev–Trinajstić information content (AvgIpc) is 3.35. The summed E-state index contributed by atoms with van der Waals surface area (Å²) < 4.78 is 14.0. The maximum absolute atomic E-state index is 12.9. The summed E-state index contributed by atoms with van der Waals surface area (Å²) in [5.74, 6) is -0.223. The van der Waals surface area contributed by atoms with Crippen molar-refractivity contribution in [3.05, 3.63) is 46.5 Å². The molecule has 4 heterocycles. The van der Waals surface area contributed by atoms with E-state index in [2.05, 4.69) is 10.3 Å². The van der Waals surface area contributed by atoms with Crippen LogP contribution in [0.25, 0.3) is 16.7 Å². The van der Waals surface area contributed by atoms with Gasteiger partial charge >= 0.3 is 0 Å². The topological polar surface area (TPSA) is 86.9 Å². The molecule has 1 saturated heterocycles. The molecule has 3 aromatic heterocycles. The molecule has 1 N–H and O–H groups in total. The maximum atomic E-state index is 12.9. The Balaban J connectivity index is 1.73. The normalized spacial score (nSPS) is 16.8. The van der Waals surface area contributed by atoms with Crippen molar-refractivity contribution in [1.82, 2.24) is 19.3 Å². The van der Waals surface area contributed by atoms with Gasteiger partial charge in [0.15, 0.2) is 0 Å². The van der Waals surface area contributed by atoms with Crippen molar-refractivity contribution in [2.45, 2.75) is 31.9 Å². The average molecular weight is 384 g/mol. The predicted octanol–water partition coefficient (Wildman–Crippen LogP) is 1.59. The molecule has 1 aliphatic heterocycles. The van der Waals surface area contributed by atoms with Crippen LogP contribution in [-0.2, 0) is 16.0 Å². The monoisotopic (exact) mass is 384 g/mol. The Kier molecular flexibility index (Phi) is 5.40. The molecule has 0 aromatic carbocycles. The Hall–Kier alpha value is -2.71. The maximum Gasteiger partial charge on any atom is 0.268 e. The molecule has 0 unspecified atom stereocenters. The van der Waals surface area contributed by atoms with E-state index in [0.717, 1.165) is 19.4 Å². The number of fused-ring (bicyclic) bond motifs is 2. The van der Waals surface area contributed by atoms with Gasteiger partial charge in [0, 0.05) is 39.6 Å². The van der Waals surface area contributed by atoms with Crippen molar-refractivity contribution < 1.29 is 14.3 Å². The van der Waals surface area contributed by atoms with Crippen molar-refractivity contribution in [2.75, 3.05) is 26.9 Å².